The summed E-state index contributed by atoms with van der Waals surface area (Å²) in [7, 11) is 1.71. The number of aryl methyl sites for hydroxylation is 1. The Kier molecular flexibility index (Phi) is 2.04. The van der Waals surface area contributed by atoms with Crippen LogP contribution in [0.25, 0.3) is 11.0 Å². The standard InChI is InChI=1S/C7H4AsClFN3/c1-13-7-3(9)2-4(10)5(8)6(7)11-12-13/h2H,1H3. The number of halogens is 2. The van der Waals surface area contributed by atoms with Crippen LogP contribution in [0, 0.1) is 5.82 Å². The summed E-state index contributed by atoms with van der Waals surface area (Å²) in [6.45, 7) is 0. The van der Waals surface area contributed by atoms with E-state index < -0.39 is 0 Å². The van der Waals surface area contributed by atoms with Crippen LogP contribution in [-0.2, 0) is 7.05 Å². The molecule has 66 valence electrons. The molecule has 0 unspecified atom stereocenters. The summed E-state index contributed by atoms with van der Waals surface area (Å²) in [6.07, 6.45) is 0. The van der Waals surface area contributed by atoms with Gasteiger partial charge in [-0.2, -0.15) is 0 Å². The number of aromatic nitrogens is 3. The number of fused-ring (bicyclic) bond motifs is 1. The van der Waals surface area contributed by atoms with Gasteiger partial charge >= 0.3 is 87.2 Å². The quantitative estimate of drug-likeness (QED) is 0.647. The second-order valence-electron chi connectivity index (χ2n) is 2.60. The van der Waals surface area contributed by atoms with Crippen molar-refractivity contribution in [2.24, 2.45) is 7.05 Å². The average Bonchev–Trinajstić information content (AvgIpc) is 2.44. The molecule has 2 radical (unpaired) electrons. The van der Waals surface area contributed by atoms with Crippen molar-refractivity contribution in [3.05, 3.63) is 16.9 Å². The van der Waals surface area contributed by atoms with Gasteiger partial charge in [0.15, 0.2) is 0 Å². The Labute approximate surface area is 87.4 Å². The Morgan fingerprint density at radius 3 is 3.00 bits per heavy atom. The van der Waals surface area contributed by atoms with E-state index in [1.165, 1.54) is 10.7 Å². The van der Waals surface area contributed by atoms with Gasteiger partial charge in [-0.1, -0.05) is 0 Å². The maximum absolute atomic E-state index is 13.1. The van der Waals surface area contributed by atoms with Crippen molar-refractivity contribution in [3.8, 4) is 0 Å². The van der Waals surface area contributed by atoms with E-state index in [1.807, 2.05) is 0 Å². The van der Waals surface area contributed by atoms with Crippen molar-refractivity contribution in [3.63, 3.8) is 0 Å². The monoisotopic (exact) mass is 259 g/mol. The van der Waals surface area contributed by atoms with Crippen LogP contribution in [0.15, 0.2) is 6.07 Å². The summed E-state index contributed by atoms with van der Waals surface area (Å²) in [6, 6.07) is 1.26. The summed E-state index contributed by atoms with van der Waals surface area (Å²) in [5.74, 6) is -0.377. The average molecular weight is 260 g/mol. The maximum atomic E-state index is 13.1. The van der Waals surface area contributed by atoms with E-state index in [4.69, 9.17) is 11.6 Å². The van der Waals surface area contributed by atoms with E-state index in [-0.39, 0.29) is 5.82 Å². The van der Waals surface area contributed by atoms with Gasteiger partial charge in [-0.05, 0) is 0 Å². The normalized spacial score (nSPS) is 11.1. The predicted molar refractivity (Wildman–Crippen MR) is 48.9 cm³/mol. The first-order valence-corrected chi connectivity index (χ1v) is 4.79. The summed E-state index contributed by atoms with van der Waals surface area (Å²) >= 11 is 7.96. The van der Waals surface area contributed by atoms with Crippen LogP contribution < -0.4 is 4.35 Å². The minimum atomic E-state index is -0.377. The van der Waals surface area contributed by atoms with Crippen molar-refractivity contribution >= 4 is 43.8 Å². The number of benzene rings is 1. The number of hydrogen-bond donors (Lipinski definition) is 0. The second-order valence-corrected chi connectivity index (χ2v) is 3.94. The molecule has 1 aromatic heterocycles. The molecular weight excluding hydrogens is 255 g/mol. The molecule has 0 bridgehead atoms. The molecule has 1 aromatic carbocycles. The van der Waals surface area contributed by atoms with E-state index in [0.717, 1.165) is 0 Å². The zero-order valence-electron chi connectivity index (χ0n) is 6.62. The van der Waals surface area contributed by atoms with Gasteiger partial charge in [-0.3, -0.25) is 0 Å². The third kappa shape index (κ3) is 1.25. The fourth-order valence-corrected chi connectivity index (χ4v) is 1.90. The van der Waals surface area contributed by atoms with Crippen molar-refractivity contribution in [1.29, 1.82) is 0 Å². The number of rotatable bonds is 0. The molecule has 6 heteroatoms. The molecule has 0 saturated carbocycles. The minimum absolute atomic E-state index is 0.329. The van der Waals surface area contributed by atoms with Gasteiger partial charge < -0.3 is 0 Å². The summed E-state index contributed by atoms with van der Waals surface area (Å²) < 4.78 is 15.1. The van der Waals surface area contributed by atoms with Crippen LogP contribution >= 0.6 is 11.6 Å². The molecule has 0 saturated heterocycles. The van der Waals surface area contributed by atoms with E-state index in [2.05, 4.69) is 27.2 Å². The zero-order chi connectivity index (χ0) is 9.59. The fraction of sp³-hybridized carbons (Fsp3) is 0.143. The van der Waals surface area contributed by atoms with Gasteiger partial charge in [0, 0.05) is 0 Å². The Morgan fingerprint density at radius 1 is 1.62 bits per heavy atom. The third-order valence-electron chi connectivity index (χ3n) is 1.76. The zero-order valence-corrected chi connectivity index (χ0v) is 9.25. The van der Waals surface area contributed by atoms with Gasteiger partial charge in [0.1, 0.15) is 0 Å². The first-order valence-electron chi connectivity index (χ1n) is 3.47. The Morgan fingerprint density at radius 2 is 2.31 bits per heavy atom. The summed E-state index contributed by atoms with van der Waals surface area (Å²) in [5, 5.41) is 7.90. The van der Waals surface area contributed by atoms with Crippen molar-refractivity contribution in [2.75, 3.05) is 0 Å². The molecule has 0 aliphatic carbocycles. The van der Waals surface area contributed by atoms with Gasteiger partial charge in [-0.25, -0.2) is 0 Å². The van der Waals surface area contributed by atoms with Crippen molar-refractivity contribution in [2.45, 2.75) is 0 Å². The molecule has 2 rings (SSSR count). The van der Waals surface area contributed by atoms with Crippen LogP contribution in [0.2, 0.25) is 5.02 Å². The van der Waals surface area contributed by atoms with E-state index in [9.17, 15) is 4.39 Å². The first-order chi connectivity index (χ1) is 6.11. The van der Waals surface area contributed by atoms with E-state index in [0.29, 0.717) is 20.4 Å². The van der Waals surface area contributed by atoms with Crippen LogP contribution in [0.1, 0.15) is 0 Å². The van der Waals surface area contributed by atoms with Gasteiger partial charge in [0.25, 0.3) is 0 Å². The molecule has 3 nitrogen and oxygen atoms in total. The summed E-state index contributed by atoms with van der Waals surface area (Å²) in [5.41, 5.74) is 1.14. The first kappa shape index (κ1) is 8.97. The topological polar surface area (TPSA) is 30.7 Å². The third-order valence-corrected chi connectivity index (χ3v) is 2.94. The van der Waals surface area contributed by atoms with Crippen LogP contribution in [0.3, 0.4) is 0 Å². The molecular formula is C7H4AsClFN3. The Hall–Kier alpha value is -0.602. The molecule has 0 amide bonds. The molecule has 0 aliphatic rings. The molecule has 0 spiro atoms. The molecule has 0 fully saturated rings. The molecule has 0 N–H and O–H groups in total. The van der Waals surface area contributed by atoms with Gasteiger partial charge in [0.05, 0.1) is 0 Å². The van der Waals surface area contributed by atoms with Crippen molar-refractivity contribution in [1.82, 2.24) is 15.0 Å². The Bertz CT molecular complexity index is 482. The van der Waals surface area contributed by atoms with Crippen molar-refractivity contribution < 1.29 is 4.39 Å². The van der Waals surface area contributed by atoms with Crippen LogP contribution in [0.5, 0.6) is 0 Å². The molecule has 13 heavy (non-hydrogen) atoms. The molecule has 0 atom stereocenters. The van der Waals surface area contributed by atoms with Gasteiger partial charge in [-0.15, -0.1) is 0 Å². The van der Waals surface area contributed by atoms with Crippen LogP contribution in [0.4, 0.5) is 4.39 Å². The predicted octanol–water partition coefficient (Wildman–Crippen LogP) is 0.555. The van der Waals surface area contributed by atoms with E-state index in [1.54, 1.807) is 7.05 Å². The molecule has 1 heterocycles. The number of nitrogens with zero attached hydrogens (tertiary/aromatic N) is 3. The molecule has 2 aromatic rings. The number of hydrogen-bond acceptors (Lipinski definition) is 2. The fourth-order valence-electron chi connectivity index (χ4n) is 1.15. The van der Waals surface area contributed by atoms with Crippen LogP contribution in [-0.4, -0.2) is 31.8 Å². The summed E-state index contributed by atoms with van der Waals surface area (Å²) in [4.78, 5) is 0. The van der Waals surface area contributed by atoms with Gasteiger partial charge in [0.2, 0.25) is 0 Å². The second kappa shape index (κ2) is 2.96. The molecule has 0 aliphatic heterocycles. The Balaban J connectivity index is 2.99. The SMILES string of the molecule is Cn1nnc2c([As])c(F)cc(Cl)c21. The van der Waals surface area contributed by atoms with E-state index >= 15 is 0 Å².